The highest BCUT2D eigenvalue weighted by molar-refractivity contribution is 14.0. The number of hydrogen-bond donors (Lipinski definition) is 2. The lowest BCUT2D eigenvalue weighted by Gasteiger charge is -2.22. The minimum atomic E-state index is -3.15. The van der Waals surface area contributed by atoms with Crippen LogP contribution < -0.4 is 10.6 Å². The van der Waals surface area contributed by atoms with Crippen LogP contribution in [0.4, 0.5) is 0 Å². The van der Waals surface area contributed by atoms with Gasteiger partial charge in [0.1, 0.15) is 0 Å². The first-order valence-electron chi connectivity index (χ1n) is 8.86. The van der Waals surface area contributed by atoms with Crippen LogP contribution in [0.5, 0.6) is 0 Å². The summed E-state index contributed by atoms with van der Waals surface area (Å²) >= 11 is 1.82. The molecule has 26 heavy (non-hydrogen) atoms. The summed E-state index contributed by atoms with van der Waals surface area (Å²) in [7, 11) is -3.15. The summed E-state index contributed by atoms with van der Waals surface area (Å²) in [5.41, 5.74) is 0. The van der Waals surface area contributed by atoms with Crippen LogP contribution in [0.15, 0.2) is 17.1 Å². The van der Waals surface area contributed by atoms with Crippen LogP contribution >= 0.6 is 35.3 Å². The molecule has 0 amide bonds. The van der Waals surface area contributed by atoms with Crippen molar-refractivity contribution in [2.24, 2.45) is 4.99 Å². The monoisotopic (exact) mass is 514 g/mol. The third-order valence-corrected chi connectivity index (χ3v) is 6.60. The van der Waals surface area contributed by atoms with Crippen LogP contribution in [-0.2, 0) is 16.4 Å². The second-order valence-corrected chi connectivity index (χ2v) is 9.96. The van der Waals surface area contributed by atoms with Crippen LogP contribution in [0.3, 0.4) is 0 Å². The second-order valence-electron chi connectivity index (χ2n) is 6.65. The molecule has 2 N–H and O–H groups in total. The molecule has 0 aliphatic carbocycles. The van der Waals surface area contributed by atoms with Gasteiger partial charge < -0.3 is 10.6 Å². The SMILES string of the molecule is CCNC(=NC[C@H]1CCCN1S(C)(=O)=O)NC(C)Cc1ccc(C)s1.I. The van der Waals surface area contributed by atoms with Crippen LogP contribution in [0.25, 0.3) is 0 Å². The van der Waals surface area contributed by atoms with Crippen molar-refractivity contribution in [2.75, 3.05) is 25.9 Å². The Hall–Kier alpha value is -0.390. The third kappa shape index (κ3) is 7.32. The lowest BCUT2D eigenvalue weighted by molar-refractivity contribution is 0.396. The molecule has 1 aliphatic heterocycles. The summed E-state index contributed by atoms with van der Waals surface area (Å²) in [6, 6.07) is 4.54. The predicted molar refractivity (Wildman–Crippen MR) is 121 cm³/mol. The van der Waals surface area contributed by atoms with Crippen molar-refractivity contribution >= 4 is 51.3 Å². The minimum Gasteiger partial charge on any atom is -0.357 e. The molecule has 0 spiro atoms. The molecule has 2 rings (SSSR count). The van der Waals surface area contributed by atoms with Crippen molar-refractivity contribution in [3.63, 3.8) is 0 Å². The first-order chi connectivity index (χ1) is 11.8. The van der Waals surface area contributed by atoms with E-state index in [9.17, 15) is 8.42 Å². The molecule has 1 unspecified atom stereocenters. The molecule has 2 atom stereocenters. The number of thiophene rings is 1. The fourth-order valence-corrected chi connectivity index (χ4v) is 5.32. The smallest absolute Gasteiger partial charge is 0.211 e. The van der Waals surface area contributed by atoms with Gasteiger partial charge in [0.15, 0.2) is 5.96 Å². The van der Waals surface area contributed by atoms with Crippen molar-refractivity contribution in [2.45, 2.75) is 52.1 Å². The number of aliphatic imine (C=N–C) groups is 1. The number of sulfonamides is 1. The first kappa shape index (κ1) is 23.6. The normalized spacial score (nSPS) is 19.8. The molecule has 6 nitrogen and oxygen atoms in total. The van der Waals surface area contributed by atoms with E-state index in [1.807, 2.05) is 18.3 Å². The van der Waals surface area contributed by atoms with Crippen molar-refractivity contribution in [1.82, 2.24) is 14.9 Å². The van der Waals surface area contributed by atoms with Gasteiger partial charge in [-0.1, -0.05) is 0 Å². The molecular weight excluding hydrogens is 483 g/mol. The zero-order chi connectivity index (χ0) is 18.4. The Bertz CT molecular complexity index is 691. The van der Waals surface area contributed by atoms with Crippen molar-refractivity contribution in [3.05, 3.63) is 21.9 Å². The number of halogens is 1. The molecule has 0 bridgehead atoms. The average molecular weight is 514 g/mol. The van der Waals surface area contributed by atoms with E-state index in [0.29, 0.717) is 13.1 Å². The molecule has 1 fully saturated rings. The summed E-state index contributed by atoms with van der Waals surface area (Å²) in [6.45, 7) is 8.16. The predicted octanol–water partition coefficient (Wildman–Crippen LogP) is 2.58. The summed E-state index contributed by atoms with van der Waals surface area (Å²) < 4.78 is 25.3. The first-order valence-corrected chi connectivity index (χ1v) is 11.5. The molecule has 2 heterocycles. The topological polar surface area (TPSA) is 73.8 Å². The highest BCUT2D eigenvalue weighted by Crippen LogP contribution is 2.20. The summed E-state index contributed by atoms with van der Waals surface area (Å²) in [5.74, 6) is 0.753. The molecule has 1 aromatic heterocycles. The number of nitrogens with zero attached hydrogens (tertiary/aromatic N) is 2. The summed E-state index contributed by atoms with van der Waals surface area (Å²) in [6.07, 6.45) is 4.01. The Balaban J connectivity index is 0.00000338. The van der Waals surface area contributed by atoms with Gasteiger partial charge in [0.2, 0.25) is 10.0 Å². The number of rotatable bonds is 7. The van der Waals surface area contributed by atoms with E-state index in [4.69, 9.17) is 0 Å². The van der Waals surface area contributed by atoms with E-state index in [1.165, 1.54) is 16.0 Å². The van der Waals surface area contributed by atoms with Crippen LogP contribution in [0.2, 0.25) is 0 Å². The number of hydrogen-bond acceptors (Lipinski definition) is 4. The van der Waals surface area contributed by atoms with Gasteiger partial charge in [-0.05, 0) is 45.7 Å². The number of aryl methyl sites for hydroxylation is 1. The van der Waals surface area contributed by atoms with E-state index in [0.717, 1.165) is 31.8 Å². The highest BCUT2D eigenvalue weighted by atomic mass is 127. The molecule has 1 saturated heterocycles. The highest BCUT2D eigenvalue weighted by Gasteiger charge is 2.31. The maximum absolute atomic E-state index is 11.8. The number of guanidine groups is 1. The maximum atomic E-state index is 11.8. The summed E-state index contributed by atoms with van der Waals surface area (Å²) in [5, 5.41) is 6.69. The molecule has 150 valence electrons. The van der Waals surface area contributed by atoms with E-state index in [2.05, 4.69) is 41.6 Å². The van der Waals surface area contributed by atoms with E-state index >= 15 is 0 Å². The Morgan fingerprint density at radius 3 is 2.77 bits per heavy atom. The van der Waals surface area contributed by atoms with Gasteiger partial charge in [0.05, 0.1) is 12.8 Å². The lowest BCUT2D eigenvalue weighted by atomic mass is 10.2. The van der Waals surface area contributed by atoms with Crippen molar-refractivity contribution < 1.29 is 8.42 Å². The quantitative estimate of drug-likeness (QED) is 0.334. The van der Waals surface area contributed by atoms with Crippen LogP contribution in [0.1, 0.15) is 36.4 Å². The number of nitrogens with one attached hydrogen (secondary N) is 2. The van der Waals surface area contributed by atoms with Gasteiger partial charge in [0, 0.05) is 41.3 Å². The van der Waals surface area contributed by atoms with Gasteiger partial charge in [0.25, 0.3) is 0 Å². The standard InChI is InChI=1S/C17H30N4O2S2.HI/c1-5-18-17(20-13(2)11-16-9-8-14(3)24-16)19-12-15-7-6-10-21(15)25(4,22)23;/h8-9,13,15H,5-7,10-12H2,1-4H3,(H2,18,19,20);1H/t13?,15-;/m1./s1. The molecule has 0 radical (unpaired) electrons. The van der Waals surface area contributed by atoms with Crippen LogP contribution in [-0.4, -0.2) is 56.7 Å². The third-order valence-electron chi connectivity index (χ3n) is 4.24. The van der Waals surface area contributed by atoms with Crippen molar-refractivity contribution in [1.29, 1.82) is 0 Å². The van der Waals surface area contributed by atoms with E-state index < -0.39 is 10.0 Å². The average Bonchev–Trinajstić information content (AvgIpc) is 3.13. The fourth-order valence-electron chi connectivity index (χ4n) is 3.13. The maximum Gasteiger partial charge on any atom is 0.211 e. The Morgan fingerprint density at radius 2 is 2.19 bits per heavy atom. The molecular formula is C17H31IN4O2S2. The van der Waals surface area contributed by atoms with Crippen molar-refractivity contribution in [3.8, 4) is 0 Å². The second kappa shape index (κ2) is 10.8. The van der Waals surface area contributed by atoms with E-state index in [-0.39, 0.29) is 36.1 Å². The zero-order valence-corrected chi connectivity index (χ0v) is 20.0. The lowest BCUT2D eigenvalue weighted by Crippen LogP contribution is -2.44. The summed E-state index contributed by atoms with van der Waals surface area (Å²) in [4.78, 5) is 7.32. The Kier molecular flexibility index (Phi) is 9.84. The van der Waals surface area contributed by atoms with Gasteiger partial charge in [-0.15, -0.1) is 35.3 Å². The van der Waals surface area contributed by atoms with Gasteiger partial charge in [-0.3, -0.25) is 4.99 Å². The van der Waals surface area contributed by atoms with Gasteiger partial charge >= 0.3 is 0 Å². The van der Waals surface area contributed by atoms with E-state index in [1.54, 1.807) is 4.31 Å². The Labute approximate surface area is 178 Å². The fraction of sp³-hybridized carbons (Fsp3) is 0.706. The molecule has 9 heteroatoms. The van der Waals surface area contributed by atoms with Gasteiger partial charge in [-0.25, -0.2) is 8.42 Å². The molecule has 0 aromatic carbocycles. The van der Waals surface area contributed by atoms with Crippen LogP contribution in [0, 0.1) is 6.92 Å². The molecule has 0 saturated carbocycles. The molecule has 1 aliphatic rings. The van der Waals surface area contributed by atoms with Gasteiger partial charge in [-0.2, -0.15) is 4.31 Å². The largest absolute Gasteiger partial charge is 0.357 e. The Morgan fingerprint density at radius 1 is 1.46 bits per heavy atom. The minimum absolute atomic E-state index is 0. The molecule has 1 aromatic rings. The zero-order valence-electron chi connectivity index (χ0n) is 16.0.